The highest BCUT2D eigenvalue weighted by molar-refractivity contribution is 6.30. The molecule has 2 atom stereocenters. The van der Waals surface area contributed by atoms with Crippen LogP contribution in [0.2, 0.25) is 5.02 Å². The number of hydrogen-bond acceptors (Lipinski definition) is 3. The number of amides is 2. The van der Waals surface area contributed by atoms with Crippen LogP contribution in [-0.2, 0) is 21.5 Å². The Hall–Kier alpha value is -3.15. The van der Waals surface area contributed by atoms with E-state index in [2.05, 4.69) is 39.8 Å². The Kier molecular flexibility index (Phi) is 6.29. The lowest BCUT2D eigenvalue weighted by atomic mass is 9.79. The normalized spacial score (nSPS) is 23.2. The van der Waals surface area contributed by atoms with E-state index in [1.54, 1.807) is 0 Å². The largest absolute Gasteiger partial charge is 0.352 e. The predicted molar refractivity (Wildman–Crippen MR) is 146 cm³/mol. The Balaban J connectivity index is 1.07. The van der Waals surface area contributed by atoms with Crippen molar-refractivity contribution in [2.45, 2.75) is 62.7 Å². The molecule has 2 aliphatic heterocycles. The van der Waals surface area contributed by atoms with Crippen molar-refractivity contribution in [2.75, 3.05) is 6.54 Å². The summed E-state index contributed by atoms with van der Waals surface area (Å²) in [5.41, 5.74) is 4.59. The van der Waals surface area contributed by atoms with E-state index in [-0.39, 0.29) is 24.4 Å². The lowest BCUT2D eigenvalue weighted by Gasteiger charge is -2.39. The van der Waals surface area contributed by atoms with Crippen LogP contribution in [0.4, 0.5) is 0 Å². The van der Waals surface area contributed by atoms with E-state index in [9.17, 15) is 9.59 Å². The first-order chi connectivity index (χ1) is 17.9. The molecule has 0 saturated carbocycles. The summed E-state index contributed by atoms with van der Waals surface area (Å²) in [5, 5.41) is 6.92. The summed E-state index contributed by atoms with van der Waals surface area (Å²) < 4.78 is 0. The maximum atomic E-state index is 13.5. The van der Waals surface area contributed by atoms with Gasteiger partial charge in [0.1, 0.15) is 0 Å². The van der Waals surface area contributed by atoms with Crippen molar-refractivity contribution in [1.82, 2.24) is 15.5 Å². The second-order valence-corrected chi connectivity index (χ2v) is 11.3. The van der Waals surface area contributed by atoms with Crippen LogP contribution in [0.15, 0.2) is 72.8 Å². The second kappa shape index (κ2) is 9.62. The van der Waals surface area contributed by atoms with E-state index < -0.39 is 5.41 Å². The minimum absolute atomic E-state index is 0.0148. The van der Waals surface area contributed by atoms with E-state index in [1.165, 1.54) is 18.4 Å². The lowest BCUT2D eigenvalue weighted by molar-refractivity contribution is -0.128. The van der Waals surface area contributed by atoms with Gasteiger partial charge >= 0.3 is 0 Å². The lowest BCUT2D eigenvalue weighted by Crippen LogP contribution is -2.52. The molecule has 3 aromatic rings. The molecule has 6 rings (SSSR count). The average molecular weight is 514 g/mol. The minimum atomic E-state index is -0.820. The summed E-state index contributed by atoms with van der Waals surface area (Å²) in [5.74, 6) is -0.259. The molecule has 2 saturated heterocycles. The zero-order chi connectivity index (χ0) is 25.6. The molecule has 3 aromatic carbocycles. The zero-order valence-corrected chi connectivity index (χ0v) is 21.8. The highest BCUT2D eigenvalue weighted by Crippen LogP contribution is 2.48. The van der Waals surface area contributed by atoms with Gasteiger partial charge in [-0.15, -0.1) is 0 Å². The number of fused-ring (bicyclic) bond motifs is 5. The number of benzene rings is 3. The molecule has 2 bridgehead atoms. The highest BCUT2D eigenvalue weighted by Gasteiger charge is 2.45. The fourth-order valence-corrected chi connectivity index (χ4v) is 6.89. The standard InChI is InChI=1S/C31H32ClN3O2/c1-31(27-8-4-2-6-25(27)26-7-3-5-9-28(26)31)30(37)33-18-29(36)34-22-16-23-14-15-24(17-22)35(23)19-20-10-12-21(32)13-11-20/h2-13,22-24H,14-19H2,1H3,(H,33,37)(H,34,36)/t23-,24-/m1/s1. The topological polar surface area (TPSA) is 61.4 Å². The van der Waals surface area contributed by atoms with Crippen LogP contribution in [0.3, 0.4) is 0 Å². The van der Waals surface area contributed by atoms with E-state index in [0.717, 1.165) is 46.7 Å². The van der Waals surface area contributed by atoms with Crippen LogP contribution in [0.5, 0.6) is 0 Å². The second-order valence-electron chi connectivity index (χ2n) is 10.8. The zero-order valence-electron chi connectivity index (χ0n) is 21.0. The van der Waals surface area contributed by atoms with Gasteiger partial charge in [0.05, 0.1) is 12.0 Å². The smallest absolute Gasteiger partial charge is 0.239 e. The molecule has 2 N–H and O–H groups in total. The van der Waals surface area contributed by atoms with Gasteiger partial charge in [0, 0.05) is 29.7 Å². The van der Waals surface area contributed by atoms with Gasteiger partial charge < -0.3 is 10.6 Å². The number of nitrogens with one attached hydrogen (secondary N) is 2. The highest BCUT2D eigenvalue weighted by atomic mass is 35.5. The molecule has 37 heavy (non-hydrogen) atoms. The van der Waals surface area contributed by atoms with Crippen molar-refractivity contribution in [3.63, 3.8) is 0 Å². The molecule has 2 heterocycles. The Bertz CT molecular complexity index is 1280. The molecule has 0 aromatic heterocycles. The Morgan fingerprint density at radius 1 is 0.892 bits per heavy atom. The third-order valence-corrected chi connectivity index (χ3v) is 8.87. The minimum Gasteiger partial charge on any atom is -0.352 e. The summed E-state index contributed by atoms with van der Waals surface area (Å²) in [6, 6.07) is 25.3. The van der Waals surface area contributed by atoms with E-state index in [0.29, 0.717) is 12.1 Å². The van der Waals surface area contributed by atoms with E-state index in [1.807, 2.05) is 55.5 Å². The maximum Gasteiger partial charge on any atom is 0.239 e. The third kappa shape index (κ3) is 4.34. The summed E-state index contributed by atoms with van der Waals surface area (Å²) in [7, 11) is 0. The molecule has 2 fully saturated rings. The molecule has 190 valence electrons. The van der Waals surface area contributed by atoms with Crippen LogP contribution >= 0.6 is 11.6 Å². The van der Waals surface area contributed by atoms with Crippen molar-refractivity contribution in [1.29, 1.82) is 0 Å². The first-order valence-electron chi connectivity index (χ1n) is 13.2. The summed E-state index contributed by atoms with van der Waals surface area (Å²) >= 11 is 6.05. The monoisotopic (exact) mass is 513 g/mol. The molecular weight excluding hydrogens is 482 g/mol. The number of halogens is 1. The van der Waals surface area contributed by atoms with Gasteiger partial charge in [-0.1, -0.05) is 72.3 Å². The molecule has 0 spiro atoms. The van der Waals surface area contributed by atoms with Crippen LogP contribution < -0.4 is 10.6 Å². The number of hydrogen-bond donors (Lipinski definition) is 2. The number of piperidine rings is 1. The average Bonchev–Trinajstić information content (AvgIpc) is 3.30. The molecule has 2 amide bonds. The predicted octanol–water partition coefficient (Wildman–Crippen LogP) is 5.05. The van der Waals surface area contributed by atoms with Crippen LogP contribution in [0.25, 0.3) is 11.1 Å². The molecule has 6 heteroatoms. The van der Waals surface area contributed by atoms with Gasteiger partial charge in [0.15, 0.2) is 0 Å². The van der Waals surface area contributed by atoms with E-state index >= 15 is 0 Å². The van der Waals surface area contributed by atoms with Gasteiger partial charge in [-0.05, 0) is 72.6 Å². The molecule has 1 aliphatic carbocycles. The first kappa shape index (κ1) is 24.2. The summed E-state index contributed by atoms with van der Waals surface area (Å²) in [6.45, 7) is 2.86. The quantitative estimate of drug-likeness (QED) is 0.484. The number of rotatable bonds is 6. The number of nitrogens with zero attached hydrogens (tertiary/aromatic N) is 1. The summed E-state index contributed by atoms with van der Waals surface area (Å²) in [6.07, 6.45) is 4.22. The first-order valence-corrected chi connectivity index (χ1v) is 13.6. The Morgan fingerprint density at radius 2 is 1.46 bits per heavy atom. The Morgan fingerprint density at radius 3 is 2.05 bits per heavy atom. The summed E-state index contributed by atoms with van der Waals surface area (Å²) in [4.78, 5) is 29.0. The number of carbonyl (C=O) groups excluding carboxylic acids is 2. The van der Waals surface area contributed by atoms with Gasteiger partial charge in [-0.25, -0.2) is 0 Å². The van der Waals surface area contributed by atoms with Gasteiger partial charge in [-0.2, -0.15) is 0 Å². The maximum absolute atomic E-state index is 13.5. The van der Waals surface area contributed by atoms with Crippen LogP contribution in [-0.4, -0.2) is 41.4 Å². The van der Waals surface area contributed by atoms with Gasteiger partial charge in [-0.3, -0.25) is 14.5 Å². The molecular formula is C31H32ClN3O2. The van der Waals surface area contributed by atoms with Gasteiger partial charge in [0.2, 0.25) is 11.8 Å². The third-order valence-electron chi connectivity index (χ3n) is 8.61. The van der Waals surface area contributed by atoms with Crippen molar-refractivity contribution >= 4 is 23.4 Å². The SMILES string of the molecule is CC1(C(=O)NCC(=O)NC2C[C@H]3CC[C@H](C2)N3Cc2ccc(Cl)cc2)c2ccccc2-c2ccccc21. The molecule has 3 aliphatic rings. The van der Waals surface area contributed by atoms with Crippen LogP contribution in [0.1, 0.15) is 49.3 Å². The number of carbonyl (C=O) groups is 2. The molecule has 0 radical (unpaired) electrons. The van der Waals surface area contributed by atoms with Gasteiger partial charge in [0.25, 0.3) is 0 Å². The van der Waals surface area contributed by atoms with Crippen molar-refractivity contribution in [3.8, 4) is 11.1 Å². The van der Waals surface area contributed by atoms with Crippen LogP contribution in [0, 0.1) is 0 Å². The van der Waals surface area contributed by atoms with Crippen molar-refractivity contribution in [2.24, 2.45) is 0 Å². The van der Waals surface area contributed by atoms with Crippen molar-refractivity contribution in [3.05, 3.63) is 94.5 Å². The van der Waals surface area contributed by atoms with E-state index in [4.69, 9.17) is 11.6 Å². The fourth-order valence-electron chi connectivity index (χ4n) is 6.76. The molecule has 0 unspecified atom stereocenters. The Labute approximate surface area is 223 Å². The fraction of sp³-hybridized carbons (Fsp3) is 0.355. The van der Waals surface area contributed by atoms with Crippen molar-refractivity contribution < 1.29 is 9.59 Å². The molecule has 5 nitrogen and oxygen atoms in total.